The molecular formula is C12H21NO4. The van der Waals surface area contributed by atoms with Gasteiger partial charge < -0.3 is 9.84 Å². The van der Waals surface area contributed by atoms with Gasteiger partial charge in [-0.15, -0.1) is 0 Å². The maximum atomic E-state index is 11.4. The summed E-state index contributed by atoms with van der Waals surface area (Å²) in [5.74, 6) is -1.23. The highest BCUT2D eigenvalue weighted by Crippen LogP contribution is 2.33. The third kappa shape index (κ3) is 3.19. The Hall–Kier alpha value is -1.10. The lowest BCUT2D eigenvalue weighted by atomic mass is 9.73. The van der Waals surface area contributed by atoms with Crippen molar-refractivity contribution in [3.05, 3.63) is 0 Å². The first kappa shape index (κ1) is 14.0. The van der Waals surface area contributed by atoms with E-state index in [9.17, 15) is 14.7 Å². The molecule has 0 amide bonds. The number of carbonyl (C=O) groups is 2. The topological polar surface area (TPSA) is 75.6 Å². The van der Waals surface area contributed by atoms with Crippen LogP contribution in [0, 0.1) is 5.92 Å². The maximum Gasteiger partial charge on any atom is 0.324 e. The zero-order valence-corrected chi connectivity index (χ0v) is 10.5. The fourth-order valence-electron chi connectivity index (χ4n) is 2.45. The van der Waals surface area contributed by atoms with E-state index in [-0.39, 0.29) is 12.5 Å². The van der Waals surface area contributed by atoms with E-state index in [1.165, 1.54) is 0 Å². The molecule has 98 valence electrons. The molecule has 0 aromatic heterocycles. The highest BCUT2D eigenvalue weighted by atomic mass is 16.5. The number of carboxylic acid groups (broad SMARTS) is 1. The molecule has 2 unspecified atom stereocenters. The van der Waals surface area contributed by atoms with Gasteiger partial charge in [0.15, 0.2) is 0 Å². The molecule has 0 aliphatic heterocycles. The summed E-state index contributed by atoms with van der Waals surface area (Å²) >= 11 is 0. The van der Waals surface area contributed by atoms with Crippen LogP contribution < -0.4 is 5.32 Å². The lowest BCUT2D eigenvalue weighted by molar-refractivity contribution is -0.150. The van der Waals surface area contributed by atoms with Crippen LogP contribution >= 0.6 is 0 Å². The maximum absolute atomic E-state index is 11.4. The first-order valence-corrected chi connectivity index (χ1v) is 6.17. The van der Waals surface area contributed by atoms with Gasteiger partial charge in [0, 0.05) is 0 Å². The van der Waals surface area contributed by atoms with E-state index in [1.807, 2.05) is 6.92 Å². The summed E-state index contributed by atoms with van der Waals surface area (Å²) in [4.78, 5) is 22.7. The molecule has 1 aliphatic rings. The highest BCUT2D eigenvalue weighted by Gasteiger charge is 2.45. The van der Waals surface area contributed by atoms with Crippen LogP contribution in [-0.4, -0.2) is 35.7 Å². The number of esters is 1. The van der Waals surface area contributed by atoms with E-state index < -0.39 is 17.5 Å². The summed E-state index contributed by atoms with van der Waals surface area (Å²) in [5.41, 5.74) is -0.967. The molecule has 5 nitrogen and oxygen atoms in total. The van der Waals surface area contributed by atoms with Crippen molar-refractivity contribution in [1.82, 2.24) is 5.32 Å². The van der Waals surface area contributed by atoms with E-state index in [4.69, 9.17) is 4.74 Å². The fraction of sp³-hybridized carbons (Fsp3) is 0.833. The average molecular weight is 243 g/mol. The van der Waals surface area contributed by atoms with Crippen molar-refractivity contribution in [2.24, 2.45) is 5.92 Å². The molecule has 2 atom stereocenters. The van der Waals surface area contributed by atoms with Gasteiger partial charge in [-0.1, -0.05) is 19.8 Å². The summed E-state index contributed by atoms with van der Waals surface area (Å²) in [6.45, 7) is 3.93. The number of aliphatic carboxylic acids is 1. The Labute approximate surface area is 102 Å². The molecule has 1 aliphatic carbocycles. The zero-order chi connectivity index (χ0) is 12.9. The van der Waals surface area contributed by atoms with E-state index in [0.29, 0.717) is 13.0 Å². The monoisotopic (exact) mass is 243 g/mol. The number of carbonyl (C=O) groups excluding carboxylic acids is 1. The Bertz CT molecular complexity index is 292. The molecule has 0 spiro atoms. The second-order valence-corrected chi connectivity index (χ2v) is 4.58. The average Bonchev–Trinajstić information content (AvgIpc) is 2.28. The summed E-state index contributed by atoms with van der Waals surface area (Å²) in [7, 11) is 0. The minimum absolute atomic E-state index is 0.0307. The Kier molecular flexibility index (Phi) is 4.93. The molecule has 0 aromatic rings. The van der Waals surface area contributed by atoms with E-state index in [1.54, 1.807) is 6.92 Å². The Morgan fingerprint density at radius 3 is 2.71 bits per heavy atom. The minimum atomic E-state index is -0.967. The molecule has 5 heteroatoms. The molecule has 1 fully saturated rings. The van der Waals surface area contributed by atoms with Crippen molar-refractivity contribution < 1.29 is 19.4 Å². The molecular weight excluding hydrogens is 222 g/mol. The Morgan fingerprint density at radius 2 is 2.18 bits per heavy atom. The molecule has 1 rings (SSSR count). The van der Waals surface area contributed by atoms with Crippen molar-refractivity contribution in [1.29, 1.82) is 0 Å². The number of carboxylic acids is 1. The van der Waals surface area contributed by atoms with Crippen LogP contribution in [0.2, 0.25) is 0 Å². The predicted octanol–water partition coefficient (Wildman–Crippen LogP) is 1.17. The normalized spacial score (nSPS) is 28.7. The largest absolute Gasteiger partial charge is 0.480 e. The third-order valence-corrected chi connectivity index (χ3v) is 3.53. The van der Waals surface area contributed by atoms with Gasteiger partial charge in [-0.05, 0) is 25.7 Å². The van der Waals surface area contributed by atoms with E-state index >= 15 is 0 Å². The van der Waals surface area contributed by atoms with E-state index in [2.05, 4.69) is 5.32 Å². The zero-order valence-electron chi connectivity index (χ0n) is 10.5. The summed E-state index contributed by atoms with van der Waals surface area (Å²) in [6.07, 6.45) is 3.38. The van der Waals surface area contributed by atoms with Gasteiger partial charge in [0.2, 0.25) is 0 Å². The van der Waals surface area contributed by atoms with Gasteiger partial charge >= 0.3 is 11.9 Å². The molecule has 0 radical (unpaired) electrons. The number of hydrogen-bond donors (Lipinski definition) is 2. The van der Waals surface area contributed by atoms with Crippen LogP contribution in [0.15, 0.2) is 0 Å². The van der Waals surface area contributed by atoms with Crippen molar-refractivity contribution in [2.45, 2.75) is 45.1 Å². The van der Waals surface area contributed by atoms with Crippen molar-refractivity contribution >= 4 is 11.9 Å². The van der Waals surface area contributed by atoms with E-state index in [0.717, 1.165) is 19.3 Å². The summed E-state index contributed by atoms with van der Waals surface area (Å²) in [5, 5.41) is 12.3. The van der Waals surface area contributed by atoms with Gasteiger partial charge in [0.05, 0.1) is 13.2 Å². The molecule has 1 saturated carbocycles. The van der Waals surface area contributed by atoms with Crippen LogP contribution in [-0.2, 0) is 14.3 Å². The van der Waals surface area contributed by atoms with Crippen molar-refractivity contribution in [3.63, 3.8) is 0 Å². The van der Waals surface area contributed by atoms with Crippen LogP contribution in [0.5, 0.6) is 0 Å². The number of ether oxygens (including phenoxy) is 1. The molecule has 0 aromatic carbocycles. The lowest BCUT2D eigenvalue weighted by Crippen LogP contribution is -2.59. The van der Waals surface area contributed by atoms with Crippen LogP contribution in [0.25, 0.3) is 0 Å². The first-order valence-electron chi connectivity index (χ1n) is 6.17. The van der Waals surface area contributed by atoms with Gasteiger partial charge in [0.25, 0.3) is 0 Å². The molecule has 0 saturated heterocycles. The van der Waals surface area contributed by atoms with Crippen LogP contribution in [0.3, 0.4) is 0 Å². The van der Waals surface area contributed by atoms with Gasteiger partial charge in [-0.3, -0.25) is 14.9 Å². The minimum Gasteiger partial charge on any atom is -0.480 e. The predicted molar refractivity (Wildman–Crippen MR) is 62.6 cm³/mol. The SMILES string of the molecule is CCOC(=O)CNC1(C(=O)O)CCCCC1C. The van der Waals surface area contributed by atoms with Gasteiger partial charge in [0.1, 0.15) is 5.54 Å². The Morgan fingerprint density at radius 1 is 1.47 bits per heavy atom. The van der Waals surface area contributed by atoms with Gasteiger partial charge in [-0.25, -0.2) is 0 Å². The lowest BCUT2D eigenvalue weighted by Gasteiger charge is -2.39. The fourth-order valence-corrected chi connectivity index (χ4v) is 2.45. The standard InChI is InChI=1S/C12H21NO4/c1-3-17-10(14)8-13-12(11(15)16)7-5-4-6-9(12)2/h9,13H,3-8H2,1-2H3,(H,15,16). The number of rotatable bonds is 5. The first-order chi connectivity index (χ1) is 8.03. The smallest absolute Gasteiger partial charge is 0.324 e. The molecule has 0 bridgehead atoms. The summed E-state index contributed by atoms with van der Waals surface area (Å²) < 4.78 is 4.80. The van der Waals surface area contributed by atoms with Gasteiger partial charge in [-0.2, -0.15) is 0 Å². The number of hydrogen-bond acceptors (Lipinski definition) is 4. The highest BCUT2D eigenvalue weighted by molar-refractivity contribution is 5.81. The van der Waals surface area contributed by atoms with Crippen LogP contribution in [0.1, 0.15) is 39.5 Å². The second-order valence-electron chi connectivity index (χ2n) is 4.58. The molecule has 2 N–H and O–H groups in total. The summed E-state index contributed by atoms with van der Waals surface area (Å²) in [6, 6.07) is 0. The second kappa shape index (κ2) is 6.00. The third-order valence-electron chi connectivity index (χ3n) is 3.53. The molecule has 17 heavy (non-hydrogen) atoms. The Balaban J connectivity index is 2.65. The number of nitrogens with one attached hydrogen (secondary N) is 1. The quantitative estimate of drug-likeness (QED) is 0.709. The van der Waals surface area contributed by atoms with Crippen molar-refractivity contribution in [2.75, 3.05) is 13.2 Å². The van der Waals surface area contributed by atoms with Crippen molar-refractivity contribution in [3.8, 4) is 0 Å². The van der Waals surface area contributed by atoms with Crippen LogP contribution in [0.4, 0.5) is 0 Å². The molecule has 0 heterocycles.